The van der Waals surface area contributed by atoms with E-state index < -0.39 is 5.97 Å². The Morgan fingerprint density at radius 2 is 1.90 bits per heavy atom. The van der Waals surface area contributed by atoms with Gasteiger partial charge in [-0.25, -0.2) is 0 Å². The average Bonchev–Trinajstić information content (AvgIpc) is 3.05. The number of aliphatic carboxylic acids is 1. The van der Waals surface area contributed by atoms with Gasteiger partial charge in [-0.15, -0.1) is 0 Å². The molecular weight excluding hydrogens is 366 g/mol. The topological polar surface area (TPSA) is 67.6 Å². The molecule has 0 fully saturated rings. The van der Waals surface area contributed by atoms with Crippen molar-refractivity contribution in [3.8, 4) is 5.75 Å². The van der Waals surface area contributed by atoms with Crippen molar-refractivity contribution >= 4 is 5.97 Å². The van der Waals surface area contributed by atoms with Crippen molar-refractivity contribution in [2.24, 2.45) is 0 Å². The summed E-state index contributed by atoms with van der Waals surface area (Å²) in [6.45, 7) is 2.43. The van der Waals surface area contributed by atoms with E-state index in [1.165, 1.54) is 5.56 Å². The summed E-state index contributed by atoms with van der Waals surface area (Å²) in [5, 5.41) is 14.0. The van der Waals surface area contributed by atoms with Crippen LogP contribution in [0.5, 0.6) is 5.75 Å². The summed E-state index contributed by atoms with van der Waals surface area (Å²) < 4.78 is 7.16. The van der Waals surface area contributed by atoms with E-state index in [2.05, 4.69) is 29.2 Å². The third kappa shape index (κ3) is 4.32. The maximum Gasteiger partial charge on any atom is 0.325 e. The molecule has 0 unspecified atom stereocenters. The molecule has 0 aliphatic carbocycles. The van der Waals surface area contributed by atoms with Crippen molar-refractivity contribution in [2.75, 3.05) is 13.7 Å². The number of carboxylic acids is 1. The van der Waals surface area contributed by atoms with Gasteiger partial charge in [0.25, 0.3) is 0 Å². The maximum absolute atomic E-state index is 11.3. The van der Waals surface area contributed by atoms with E-state index >= 15 is 0 Å². The number of para-hydroxylation sites is 1. The minimum atomic E-state index is -0.870. The Labute approximate surface area is 170 Å². The van der Waals surface area contributed by atoms with Gasteiger partial charge < -0.3 is 9.84 Å². The van der Waals surface area contributed by atoms with Gasteiger partial charge in [0.1, 0.15) is 12.3 Å². The van der Waals surface area contributed by atoms with Crippen LogP contribution in [0.2, 0.25) is 0 Å². The second kappa shape index (κ2) is 8.49. The number of fused-ring (bicyclic) bond motifs is 1. The van der Waals surface area contributed by atoms with Gasteiger partial charge in [-0.05, 0) is 11.6 Å². The summed E-state index contributed by atoms with van der Waals surface area (Å²) in [6, 6.07) is 18.3. The number of methoxy groups -OCH3 is 1. The first-order valence-corrected chi connectivity index (χ1v) is 9.81. The number of hydrogen-bond donors (Lipinski definition) is 1. The largest absolute Gasteiger partial charge is 0.496 e. The van der Waals surface area contributed by atoms with E-state index in [1.54, 1.807) is 11.8 Å². The Morgan fingerprint density at radius 1 is 1.14 bits per heavy atom. The Balaban J connectivity index is 1.63. The SMILES string of the molecule is COc1ccccc1Cc1nn(CC(=O)O)c2c1CN(Cc1ccccc1)CC2. The summed E-state index contributed by atoms with van der Waals surface area (Å²) in [5.41, 5.74) is 5.46. The van der Waals surface area contributed by atoms with Crippen LogP contribution >= 0.6 is 0 Å². The van der Waals surface area contributed by atoms with E-state index in [0.29, 0.717) is 6.42 Å². The number of carboxylic acid groups (broad SMARTS) is 1. The van der Waals surface area contributed by atoms with Crippen LogP contribution in [-0.2, 0) is 37.3 Å². The number of aromatic nitrogens is 2. The van der Waals surface area contributed by atoms with Gasteiger partial charge in [0.2, 0.25) is 0 Å². The minimum absolute atomic E-state index is 0.104. The van der Waals surface area contributed by atoms with E-state index in [1.807, 2.05) is 30.3 Å². The molecule has 0 spiro atoms. The predicted molar refractivity (Wildman–Crippen MR) is 110 cm³/mol. The summed E-state index contributed by atoms with van der Waals surface area (Å²) in [4.78, 5) is 13.7. The molecule has 0 bridgehead atoms. The van der Waals surface area contributed by atoms with Gasteiger partial charge in [-0.1, -0.05) is 48.5 Å². The first kappa shape index (κ1) is 19.2. The fourth-order valence-corrected chi connectivity index (χ4v) is 4.02. The highest BCUT2D eigenvalue weighted by molar-refractivity contribution is 5.66. The highest BCUT2D eigenvalue weighted by Gasteiger charge is 2.26. The highest BCUT2D eigenvalue weighted by Crippen LogP contribution is 2.28. The molecule has 4 rings (SSSR count). The molecule has 29 heavy (non-hydrogen) atoms. The van der Waals surface area contributed by atoms with Crippen LogP contribution < -0.4 is 4.74 Å². The van der Waals surface area contributed by atoms with Gasteiger partial charge in [0.15, 0.2) is 0 Å². The standard InChI is InChI=1S/C23H25N3O3/c1-29-22-10-6-5-9-18(22)13-20-19-15-25(14-17-7-3-2-4-8-17)12-11-21(19)26(24-20)16-23(27)28/h2-10H,11-16H2,1H3,(H,27,28). The second-order valence-corrected chi connectivity index (χ2v) is 7.36. The molecule has 3 aromatic rings. The van der Waals surface area contributed by atoms with Crippen LogP contribution in [0, 0.1) is 0 Å². The van der Waals surface area contributed by atoms with E-state index in [0.717, 1.165) is 54.3 Å². The Hall–Kier alpha value is -3.12. The van der Waals surface area contributed by atoms with Crippen LogP contribution in [0.1, 0.15) is 28.1 Å². The third-order valence-electron chi connectivity index (χ3n) is 5.38. The Kier molecular flexibility index (Phi) is 5.62. The quantitative estimate of drug-likeness (QED) is 0.670. The number of nitrogens with zero attached hydrogens (tertiary/aromatic N) is 3. The van der Waals surface area contributed by atoms with Crippen molar-refractivity contribution in [3.63, 3.8) is 0 Å². The first-order chi connectivity index (χ1) is 14.1. The molecule has 0 saturated heterocycles. The van der Waals surface area contributed by atoms with E-state index in [9.17, 15) is 9.90 Å². The summed E-state index contributed by atoms with van der Waals surface area (Å²) in [5.74, 6) is -0.0446. The fourth-order valence-electron chi connectivity index (χ4n) is 4.02. The number of carbonyl (C=O) groups is 1. The molecule has 1 aromatic heterocycles. The van der Waals surface area contributed by atoms with Gasteiger partial charge >= 0.3 is 5.97 Å². The Bertz CT molecular complexity index is 998. The number of rotatable bonds is 7. The zero-order valence-electron chi connectivity index (χ0n) is 16.5. The molecule has 2 aromatic carbocycles. The molecule has 0 atom stereocenters. The van der Waals surface area contributed by atoms with Crippen LogP contribution in [0.15, 0.2) is 54.6 Å². The molecule has 1 aliphatic rings. The zero-order chi connectivity index (χ0) is 20.2. The summed E-state index contributed by atoms with van der Waals surface area (Å²) in [7, 11) is 1.67. The van der Waals surface area contributed by atoms with Crippen molar-refractivity contribution < 1.29 is 14.6 Å². The van der Waals surface area contributed by atoms with E-state index in [4.69, 9.17) is 9.84 Å². The lowest BCUT2D eigenvalue weighted by atomic mass is 10.00. The van der Waals surface area contributed by atoms with Gasteiger partial charge in [-0.2, -0.15) is 5.10 Å². The Morgan fingerprint density at radius 3 is 2.66 bits per heavy atom. The lowest BCUT2D eigenvalue weighted by molar-refractivity contribution is -0.137. The molecule has 1 N–H and O–H groups in total. The lowest BCUT2D eigenvalue weighted by Crippen LogP contribution is -2.31. The van der Waals surface area contributed by atoms with Crippen LogP contribution in [0.4, 0.5) is 0 Å². The number of hydrogen-bond acceptors (Lipinski definition) is 4. The second-order valence-electron chi connectivity index (χ2n) is 7.36. The van der Waals surface area contributed by atoms with Crippen molar-refractivity contribution in [3.05, 3.63) is 82.7 Å². The van der Waals surface area contributed by atoms with Crippen LogP contribution in [-0.4, -0.2) is 39.4 Å². The van der Waals surface area contributed by atoms with E-state index in [-0.39, 0.29) is 6.54 Å². The molecular formula is C23H25N3O3. The molecule has 0 saturated carbocycles. The van der Waals surface area contributed by atoms with Gasteiger partial charge in [0, 0.05) is 49.3 Å². The zero-order valence-corrected chi connectivity index (χ0v) is 16.5. The van der Waals surface area contributed by atoms with Crippen LogP contribution in [0.25, 0.3) is 0 Å². The molecule has 6 nitrogen and oxygen atoms in total. The number of ether oxygens (including phenoxy) is 1. The molecule has 2 heterocycles. The highest BCUT2D eigenvalue weighted by atomic mass is 16.5. The maximum atomic E-state index is 11.3. The lowest BCUT2D eigenvalue weighted by Gasteiger charge is -2.28. The van der Waals surface area contributed by atoms with Crippen molar-refractivity contribution in [1.29, 1.82) is 0 Å². The van der Waals surface area contributed by atoms with Crippen LogP contribution in [0.3, 0.4) is 0 Å². The minimum Gasteiger partial charge on any atom is -0.496 e. The van der Waals surface area contributed by atoms with Gasteiger partial charge in [-0.3, -0.25) is 14.4 Å². The van der Waals surface area contributed by atoms with Crippen molar-refractivity contribution in [2.45, 2.75) is 32.5 Å². The summed E-state index contributed by atoms with van der Waals surface area (Å²) in [6.07, 6.45) is 1.42. The monoisotopic (exact) mass is 391 g/mol. The first-order valence-electron chi connectivity index (χ1n) is 9.81. The molecule has 1 aliphatic heterocycles. The molecule has 0 amide bonds. The molecule has 6 heteroatoms. The van der Waals surface area contributed by atoms with Gasteiger partial charge in [0.05, 0.1) is 12.8 Å². The molecule has 150 valence electrons. The summed E-state index contributed by atoms with van der Waals surface area (Å²) >= 11 is 0. The average molecular weight is 391 g/mol. The number of benzene rings is 2. The predicted octanol–water partition coefficient (Wildman–Crippen LogP) is 3.13. The smallest absolute Gasteiger partial charge is 0.325 e. The van der Waals surface area contributed by atoms with Crippen molar-refractivity contribution in [1.82, 2.24) is 14.7 Å². The normalized spacial score (nSPS) is 13.8. The third-order valence-corrected chi connectivity index (χ3v) is 5.38. The fraction of sp³-hybridized carbons (Fsp3) is 0.304. The molecule has 0 radical (unpaired) electrons.